The Hall–Kier alpha value is -1.73. The van der Waals surface area contributed by atoms with Gasteiger partial charge in [-0.05, 0) is 26.3 Å². The number of nitrogens with zero attached hydrogens (tertiary/aromatic N) is 3. The zero-order valence-electron chi connectivity index (χ0n) is 11.4. The number of hydrogen-bond acceptors (Lipinski definition) is 6. The van der Waals surface area contributed by atoms with Crippen molar-refractivity contribution in [2.45, 2.75) is 27.3 Å². The van der Waals surface area contributed by atoms with Gasteiger partial charge in [0.1, 0.15) is 10.6 Å². The molecule has 20 heavy (non-hydrogen) atoms. The minimum Gasteiger partial charge on any atom is -0.383 e. The van der Waals surface area contributed by atoms with Gasteiger partial charge in [-0.2, -0.15) is 0 Å². The number of fused-ring (bicyclic) bond motifs is 1. The lowest BCUT2D eigenvalue weighted by atomic mass is 10.2. The summed E-state index contributed by atoms with van der Waals surface area (Å²) in [6, 6.07) is 0. The lowest BCUT2D eigenvalue weighted by Crippen LogP contribution is -2.17. The summed E-state index contributed by atoms with van der Waals surface area (Å²) >= 11 is 2.80. The summed E-state index contributed by atoms with van der Waals surface area (Å²) in [6.45, 7) is 6.35. The molecule has 3 rings (SSSR count). The molecule has 5 nitrogen and oxygen atoms in total. The summed E-state index contributed by atoms with van der Waals surface area (Å²) in [7, 11) is 0. The van der Waals surface area contributed by atoms with Gasteiger partial charge in [0.25, 0.3) is 0 Å². The highest BCUT2D eigenvalue weighted by atomic mass is 32.1. The average Bonchev–Trinajstić information content (AvgIpc) is 2.84. The smallest absolute Gasteiger partial charge is 0.307 e. The lowest BCUT2D eigenvalue weighted by Gasteiger charge is -2.05. The fraction of sp³-hybridized carbons (Fsp3) is 0.308. The SMILES string of the molecule is Cc1sc2nc(Cn3c(C)csc3=O)nc(N)c2c1C. The van der Waals surface area contributed by atoms with Crippen molar-refractivity contribution in [2.75, 3.05) is 5.73 Å². The predicted octanol–water partition coefficient (Wildman–Crippen LogP) is 2.47. The van der Waals surface area contributed by atoms with Crippen LogP contribution < -0.4 is 10.6 Å². The summed E-state index contributed by atoms with van der Waals surface area (Å²) in [4.78, 5) is 22.7. The first-order valence-electron chi connectivity index (χ1n) is 6.14. The number of thiophene rings is 1. The van der Waals surface area contributed by atoms with Gasteiger partial charge in [-0.25, -0.2) is 9.97 Å². The van der Waals surface area contributed by atoms with Gasteiger partial charge in [0.2, 0.25) is 0 Å². The number of nitrogens with two attached hydrogens (primary N) is 1. The van der Waals surface area contributed by atoms with E-state index in [9.17, 15) is 4.79 Å². The molecule has 0 radical (unpaired) electrons. The largest absolute Gasteiger partial charge is 0.383 e. The van der Waals surface area contributed by atoms with Crippen LogP contribution in [-0.4, -0.2) is 14.5 Å². The lowest BCUT2D eigenvalue weighted by molar-refractivity contribution is 0.717. The van der Waals surface area contributed by atoms with E-state index in [0.29, 0.717) is 18.2 Å². The van der Waals surface area contributed by atoms with Crippen LogP contribution in [0.3, 0.4) is 0 Å². The summed E-state index contributed by atoms with van der Waals surface area (Å²) in [5.74, 6) is 1.08. The number of nitrogen functional groups attached to an aromatic ring is 1. The molecule has 0 aliphatic carbocycles. The summed E-state index contributed by atoms with van der Waals surface area (Å²) in [5.41, 5.74) is 8.10. The van der Waals surface area contributed by atoms with Gasteiger partial charge >= 0.3 is 4.87 Å². The topological polar surface area (TPSA) is 73.8 Å². The summed E-state index contributed by atoms with van der Waals surface area (Å²) in [6.07, 6.45) is 0. The number of anilines is 1. The molecule has 7 heteroatoms. The van der Waals surface area contributed by atoms with Crippen molar-refractivity contribution < 1.29 is 0 Å². The van der Waals surface area contributed by atoms with E-state index >= 15 is 0 Å². The highest BCUT2D eigenvalue weighted by Crippen LogP contribution is 2.31. The van der Waals surface area contributed by atoms with Crippen LogP contribution in [0.1, 0.15) is 22.0 Å². The van der Waals surface area contributed by atoms with Crippen LogP contribution in [0.4, 0.5) is 5.82 Å². The maximum absolute atomic E-state index is 11.7. The van der Waals surface area contributed by atoms with Crippen LogP contribution >= 0.6 is 22.7 Å². The molecule has 0 aromatic carbocycles. The van der Waals surface area contributed by atoms with Crippen molar-refractivity contribution in [1.82, 2.24) is 14.5 Å². The molecule has 0 bridgehead atoms. The van der Waals surface area contributed by atoms with E-state index < -0.39 is 0 Å². The fourth-order valence-corrected chi connectivity index (χ4v) is 3.93. The number of thiazole rings is 1. The molecule has 3 heterocycles. The van der Waals surface area contributed by atoms with E-state index in [1.54, 1.807) is 15.9 Å². The van der Waals surface area contributed by atoms with Gasteiger partial charge in [-0.1, -0.05) is 11.3 Å². The second-order valence-electron chi connectivity index (χ2n) is 4.72. The Kier molecular flexibility index (Phi) is 3.10. The van der Waals surface area contributed by atoms with Crippen LogP contribution in [0.5, 0.6) is 0 Å². The first-order valence-corrected chi connectivity index (χ1v) is 7.84. The molecule has 0 atom stereocenters. The van der Waals surface area contributed by atoms with Gasteiger partial charge in [0, 0.05) is 16.0 Å². The molecule has 0 amide bonds. The Morgan fingerprint density at radius 2 is 2.05 bits per heavy atom. The van der Waals surface area contributed by atoms with Gasteiger partial charge in [-0.3, -0.25) is 9.36 Å². The Morgan fingerprint density at radius 3 is 2.70 bits per heavy atom. The van der Waals surface area contributed by atoms with Crippen molar-refractivity contribution in [2.24, 2.45) is 0 Å². The summed E-state index contributed by atoms with van der Waals surface area (Å²) < 4.78 is 1.67. The number of hydrogen-bond donors (Lipinski definition) is 1. The monoisotopic (exact) mass is 306 g/mol. The van der Waals surface area contributed by atoms with E-state index in [0.717, 1.165) is 21.5 Å². The van der Waals surface area contributed by atoms with E-state index in [-0.39, 0.29) is 4.87 Å². The maximum atomic E-state index is 11.7. The average molecular weight is 306 g/mol. The van der Waals surface area contributed by atoms with Crippen LogP contribution in [0.15, 0.2) is 10.2 Å². The molecule has 0 saturated heterocycles. The second kappa shape index (κ2) is 4.68. The normalized spacial score (nSPS) is 11.3. The highest BCUT2D eigenvalue weighted by molar-refractivity contribution is 7.18. The molecule has 0 aliphatic rings. The number of rotatable bonds is 2. The molecule has 3 aromatic heterocycles. The molecule has 0 aliphatic heterocycles. The van der Waals surface area contributed by atoms with E-state index in [2.05, 4.69) is 9.97 Å². The Bertz CT molecular complexity index is 859. The molecular formula is C13H14N4OS2. The molecule has 0 saturated carbocycles. The number of aryl methyl sites for hydroxylation is 3. The third kappa shape index (κ3) is 2.03. The van der Waals surface area contributed by atoms with Crippen LogP contribution in [-0.2, 0) is 6.54 Å². The second-order valence-corrected chi connectivity index (χ2v) is 6.74. The fourth-order valence-electron chi connectivity index (χ4n) is 2.13. The van der Waals surface area contributed by atoms with Crippen LogP contribution in [0.25, 0.3) is 10.2 Å². The first-order chi connectivity index (χ1) is 9.47. The van der Waals surface area contributed by atoms with Crippen molar-refractivity contribution in [1.29, 1.82) is 0 Å². The third-order valence-electron chi connectivity index (χ3n) is 3.38. The Morgan fingerprint density at radius 1 is 1.30 bits per heavy atom. The molecule has 3 aromatic rings. The Balaban J connectivity index is 2.12. The van der Waals surface area contributed by atoms with Crippen LogP contribution in [0.2, 0.25) is 0 Å². The van der Waals surface area contributed by atoms with Crippen molar-refractivity contribution in [3.63, 3.8) is 0 Å². The van der Waals surface area contributed by atoms with E-state index in [1.165, 1.54) is 16.2 Å². The quantitative estimate of drug-likeness (QED) is 0.789. The van der Waals surface area contributed by atoms with Crippen molar-refractivity contribution in [3.05, 3.63) is 37.0 Å². The van der Waals surface area contributed by atoms with Crippen LogP contribution in [0, 0.1) is 20.8 Å². The maximum Gasteiger partial charge on any atom is 0.307 e. The highest BCUT2D eigenvalue weighted by Gasteiger charge is 2.13. The van der Waals surface area contributed by atoms with E-state index in [1.807, 2.05) is 26.2 Å². The Labute approximate surface area is 123 Å². The predicted molar refractivity (Wildman–Crippen MR) is 83.7 cm³/mol. The first kappa shape index (κ1) is 13.3. The van der Waals surface area contributed by atoms with Gasteiger partial charge in [0.05, 0.1) is 11.9 Å². The minimum atomic E-state index is 0.00306. The zero-order valence-corrected chi connectivity index (χ0v) is 13.1. The summed E-state index contributed by atoms with van der Waals surface area (Å²) in [5, 5.41) is 2.77. The standard InChI is InChI=1S/C13H14N4OS2/c1-6-5-19-13(18)17(6)4-9-15-11(14)10-7(2)8(3)20-12(10)16-9/h5H,4H2,1-3H3,(H2,14,15,16). The molecule has 0 fully saturated rings. The third-order valence-corrected chi connectivity index (χ3v) is 5.36. The molecule has 2 N–H and O–H groups in total. The van der Waals surface area contributed by atoms with Crippen molar-refractivity contribution >= 4 is 38.7 Å². The van der Waals surface area contributed by atoms with Gasteiger partial charge in [-0.15, -0.1) is 11.3 Å². The number of aromatic nitrogens is 3. The molecule has 0 spiro atoms. The molecular weight excluding hydrogens is 292 g/mol. The van der Waals surface area contributed by atoms with Gasteiger partial charge in [0.15, 0.2) is 5.82 Å². The molecule has 0 unspecified atom stereocenters. The van der Waals surface area contributed by atoms with Crippen molar-refractivity contribution in [3.8, 4) is 0 Å². The molecule has 104 valence electrons. The van der Waals surface area contributed by atoms with Gasteiger partial charge < -0.3 is 5.73 Å². The zero-order chi connectivity index (χ0) is 14.4. The van der Waals surface area contributed by atoms with E-state index in [4.69, 9.17) is 5.73 Å². The minimum absolute atomic E-state index is 0.00306.